The molecule has 2 N–H and O–H groups in total. The summed E-state index contributed by atoms with van der Waals surface area (Å²) in [6, 6.07) is 18.9. The number of nitrogens with zero attached hydrogens (tertiary/aromatic N) is 1. The van der Waals surface area contributed by atoms with Crippen LogP contribution in [0.2, 0.25) is 0 Å². The molecule has 0 saturated carbocycles. The maximum absolute atomic E-state index is 12.1. The highest BCUT2D eigenvalue weighted by Crippen LogP contribution is 2.25. The molecule has 1 heterocycles. The normalized spacial score (nSPS) is 10.6. The van der Waals surface area contributed by atoms with Crippen molar-refractivity contribution in [3.05, 3.63) is 82.1 Å². The molecule has 0 atom stereocenters. The highest BCUT2D eigenvalue weighted by Gasteiger charge is 2.19. The van der Waals surface area contributed by atoms with Gasteiger partial charge >= 0.3 is 0 Å². The maximum atomic E-state index is 12.1. The molecule has 23 heavy (non-hydrogen) atoms. The zero-order valence-electron chi connectivity index (χ0n) is 12.1. The summed E-state index contributed by atoms with van der Waals surface area (Å²) in [5, 5.41) is 13.0. The highest BCUT2D eigenvalue weighted by molar-refractivity contribution is 8.23. The van der Waals surface area contributed by atoms with E-state index in [1.165, 1.54) is 16.4 Å². The fourth-order valence-electron chi connectivity index (χ4n) is 2.17. The molecule has 0 radical (unpaired) electrons. The van der Waals surface area contributed by atoms with Gasteiger partial charge in [-0.05, 0) is 17.7 Å². The molecule has 0 aliphatic rings. The van der Waals surface area contributed by atoms with E-state index in [4.69, 9.17) is 12.2 Å². The predicted molar refractivity (Wildman–Crippen MR) is 97.5 cm³/mol. The van der Waals surface area contributed by atoms with Crippen molar-refractivity contribution in [2.75, 3.05) is 0 Å². The van der Waals surface area contributed by atoms with Gasteiger partial charge in [-0.2, -0.15) is 0 Å². The van der Waals surface area contributed by atoms with Crippen molar-refractivity contribution in [3.8, 4) is 11.6 Å². The molecule has 0 saturated heterocycles. The zero-order valence-corrected chi connectivity index (χ0v) is 13.7. The number of nitrogens with one attached hydrogen (secondary N) is 1. The Bertz CT molecular complexity index is 871. The molecule has 3 aromatic rings. The first-order valence-electron chi connectivity index (χ1n) is 6.97. The summed E-state index contributed by atoms with van der Waals surface area (Å²) < 4.78 is 1.72. The van der Waals surface area contributed by atoms with Crippen LogP contribution in [0.15, 0.2) is 65.5 Å². The quantitative estimate of drug-likeness (QED) is 0.713. The third-order valence-corrected chi connectivity index (χ3v) is 4.81. The number of para-hydroxylation sites is 1. The first-order valence-corrected chi connectivity index (χ1v) is 8.36. The van der Waals surface area contributed by atoms with Gasteiger partial charge in [0.15, 0.2) is 0 Å². The molecule has 0 aliphatic heterocycles. The number of hydrogen-bond acceptors (Lipinski definition) is 4. The Morgan fingerprint density at radius 1 is 1.09 bits per heavy atom. The number of aromatic amines is 1. The van der Waals surface area contributed by atoms with Crippen LogP contribution in [0.3, 0.4) is 0 Å². The van der Waals surface area contributed by atoms with E-state index in [0.29, 0.717) is 15.6 Å². The van der Waals surface area contributed by atoms with E-state index in [2.05, 4.69) is 5.10 Å². The number of aromatic nitrogens is 2. The average Bonchev–Trinajstić information content (AvgIpc) is 2.89. The van der Waals surface area contributed by atoms with Crippen LogP contribution < -0.4 is 5.56 Å². The Kier molecular flexibility index (Phi) is 4.64. The average molecular weight is 342 g/mol. The molecule has 116 valence electrons. The molecule has 0 fully saturated rings. The molecule has 0 bridgehead atoms. The van der Waals surface area contributed by atoms with Gasteiger partial charge in [0, 0.05) is 5.75 Å². The van der Waals surface area contributed by atoms with Gasteiger partial charge < -0.3 is 5.11 Å². The van der Waals surface area contributed by atoms with Gasteiger partial charge in [0.25, 0.3) is 5.56 Å². The molecule has 4 nitrogen and oxygen atoms in total. The summed E-state index contributed by atoms with van der Waals surface area (Å²) in [5.41, 5.74) is 1.53. The Morgan fingerprint density at radius 2 is 1.70 bits per heavy atom. The second kappa shape index (κ2) is 6.85. The van der Waals surface area contributed by atoms with Crippen molar-refractivity contribution in [2.45, 2.75) is 5.75 Å². The lowest BCUT2D eigenvalue weighted by atomic mass is 10.2. The third kappa shape index (κ3) is 3.38. The smallest absolute Gasteiger partial charge is 0.277 e. The minimum atomic E-state index is -0.392. The van der Waals surface area contributed by atoms with Crippen LogP contribution in [0.4, 0.5) is 0 Å². The van der Waals surface area contributed by atoms with Gasteiger partial charge in [-0.25, -0.2) is 4.68 Å². The molecule has 6 heteroatoms. The summed E-state index contributed by atoms with van der Waals surface area (Å²) in [7, 11) is 0. The van der Waals surface area contributed by atoms with Crippen molar-refractivity contribution >= 4 is 28.2 Å². The monoisotopic (exact) mass is 342 g/mol. The van der Waals surface area contributed by atoms with Crippen LogP contribution in [0.25, 0.3) is 5.69 Å². The van der Waals surface area contributed by atoms with Crippen LogP contribution in [-0.4, -0.2) is 19.1 Å². The number of rotatable bonds is 4. The first-order chi connectivity index (χ1) is 11.2. The predicted octanol–water partition coefficient (Wildman–Crippen LogP) is 3.48. The number of H-pyrrole nitrogens is 1. The molecule has 0 unspecified atom stereocenters. The van der Waals surface area contributed by atoms with Gasteiger partial charge in [0.05, 0.1) is 9.88 Å². The summed E-state index contributed by atoms with van der Waals surface area (Å²) >= 11 is 6.69. The largest absolute Gasteiger partial charge is 0.493 e. The third-order valence-electron chi connectivity index (χ3n) is 3.31. The van der Waals surface area contributed by atoms with Crippen LogP contribution >= 0.6 is 24.0 Å². The molecule has 0 spiro atoms. The van der Waals surface area contributed by atoms with Gasteiger partial charge in [-0.1, -0.05) is 60.7 Å². The zero-order chi connectivity index (χ0) is 16.2. The first kappa shape index (κ1) is 15.6. The lowest BCUT2D eigenvalue weighted by molar-refractivity contribution is 0.433. The minimum absolute atomic E-state index is 0.143. The molecule has 1 aromatic heterocycles. The Balaban J connectivity index is 1.84. The molecule has 0 amide bonds. The van der Waals surface area contributed by atoms with Crippen molar-refractivity contribution in [2.24, 2.45) is 0 Å². The summed E-state index contributed by atoms with van der Waals surface area (Å²) in [6.45, 7) is 0. The van der Waals surface area contributed by atoms with Gasteiger partial charge in [-0.15, -0.1) is 11.8 Å². The second-order valence-corrected chi connectivity index (χ2v) is 6.52. The molecular weight excluding hydrogens is 328 g/mol. The Labute approximate surface area is 142 Å². The lowest BCUT2D eigenvalue weighted by Crippen LogP contribution is -2.10. The topological polar surface area (TPSA) is 58.0 Å². The van der Waals surface area contributed by atoms with Crippen molar-refractivity contribution in [1.82, 2.24) is 9.78 Å². The van der Waals surface area contributed by atoms with Gasteiger partial charge in [-0.3, -0.25) is 9.89 Å². The highest BCUT2D eigenvalue weighted by atomic mass is 32.2. The van der Waals surface area contributed by atoms with Crippen LogP contribution in [0, 0.1) is 0 Å². The van der Waals surface area contributed by atoms with Crippen LogP contribution in [0.5, 0.6) is 5.88 Å². The molecule has 3 rings (SSSR count). The SMILES string of the molecule is O=c1[nH]n(-c2ccccc2)c(O)c1C(=S)SCc1ccccc1. The van der Waals surface area contributed by atoms with E-state index < -0.39 is 5.56 Å². The van der Waals surface area contributed by atoms with Crippen molar-refractivity contribution in [3.63, 3.8) is 0 Å². The van der Waals surface area contributed by atoms with Crippen LogP contribution in [-0.2, 0) is 5.75 Å². The number of hydrogen-bond donors (Lipinski definition) is 2. The van der Waals surface area contributed by atoms with E-state index in [1.807, 2.05) is 48.5 Å². The number of aromatic hydroxyl groups is 1. The van der Waals surface area contributed by atoms with E-state index in [0.717, 1.165) is 5.56 Å². The van der Waals surface area contributed by atoms with E-state index in [9.17, 15) is 9.90 Å². The Hall–Kier alpha value is -2.31. The van der Waals surface area contributed by atoms with E-state index in [-0.39, 0.29) is 11.4 Å². The molecule has 2 aromatic carbocycles. The van der Waals surface area contributed by atoms with Crippen molar-refractivity contribution < 1.29 is 5.11 Å². The number of benzene rings is 2. The molecule has 0 aliphatic carbocycles. The fourth-order valence-corrected chi connectivity index (χ4v) is 3.35. The van der Waals surface area contributed by atoms with Crippen LogP contribution in [0.1, 0.15) is 11.1 Å². The number of thiocarbonyl (C=S) groups is 1. The van der Waals surface area contributed by atoms with E-state index >= 15 is 0 Å². The summed E-state index contributed by atoms with van der Waals surface area (Å²) in [6.07, 6.45) is 0. The minimum Gasteiger partial charge on any atom is -0.493 e. The maximum Gasteiger partial charge on any atom is 0.277 e. The Morgan fingerprint density at radius 3 is 2.35 bits per heavy atom. The summed E-state index contributed by atoms with van der Waals surface area (Å²) in [4.78, 5) is 12.1. The molecular formula is C17H14N2O2S2. The fraction of sp³-hybridized carbons (Fsp3) is 0.0588. The van der Waals surface area contributed by atoms with Gasteiger partial charge in [0.1, 0.15) is 5.56 Å². The second-order valence-electron chi connectivity index (χ2n) is 4.87. The summed E-state index contributed by atoms with van der Waals surface area (Å²) in [5.74, 6) is 0.487. The standard InChI is InChI=1S/C17H14N2O2S2/c20-15-14(17(22)23-11-12-7-3-1-4-8-12)16(21)19(18-15)13-9-5-2-6-10-13/h1-10,21H,11H2,(H,18,20). The van der Waals surface area contributed by atoms with Crippen molar-refractivity contribution in [1.29, 1.82) is 0 Å². The number of thioether (sulfide) groups is 1. The van der Waals surface area contributed by atoms with Gasteiger partial charge in [0.2, 0.25) is 5.88 Å². The lowest BCUT2D eigenvalue weighted by Gasteiger charge is -2.05. The van der Waals surface area contributed by atoms with E-state index in [1.54, 1.807) is 12.1 Å².